The van der Waals surface area contributed by atoms with E-state index in [-0.39, 0.29) is 12.2 Å². The van der Waals surface area contributed by atoms with Crippen LogP contribution < -0.4 is 0 Å². The summed E-state index contributed by atoms with van der Waals surface area (Å²) < 4.78 is 13.3. The molecule has 1 aromatic carbocycles. The summed E-state index contributed by atoms with van der Waals surface area (Å²) in [6.07, 6.45) is 2.74. The van der Waals surface area contributed by atoms with Gasteiger partial charge >= 0.3 is 0 Å². The van der Waals surface area contributed by atoms with E-state index in [4.69, 9.17) is 9.47 Å². The van der Waals surface area contributed by atoms with Crippen molar-refractivity contribution in [1.29, 1.82) is 0 Å². The number of hydrogen-bond donors (Lipinski definition) is 0. The quantitative estimate of drug-likeness (QED) is 0.763. The highest BCUT2D eigenvalue weighted by Gasteiger charge is 2.47. The standard InChI is InChI=1S/C18H26O2S2/c1-4-14-15(17-21-11-8-12-22-17)16(20-18(2,3)19-14)13-9-6-5-7-10-13/h5-7,9-10,14-17H,4,8,11-12H2,1-3H3/t14-,15-,16+/m0/s1. The molecular weight excluding hydrogens is 312 g/mol. The molecule has 2 aliphatic rings. The molecule has 3 rings (SSSR count). The summed E-state index contributed by atoms with van der Waals surface area (Å²) in [5, 5.41) is 0. The predicted octanol–water partition coefficient (Wildman–Crippen LogP) is 5.10. The van der Waals surface area contributed by atoms with Crippen molar-refractivity contribution in [2.75, 3.05) is 11.5 Å². The minimum absolute atomic E-state index is 0.123. The predicted molar refractivity (Wildman–Crippen MR) is 96.3 cm³/mol. The average Bonchev–Trinajstić information content (AvgIpc) is 2.55. The molecule has 0 spiro atoms. The zero-order chi connectivity index (χ0) is 15.6. The zero-order valence-electron chi connectivity index (χ0n) is 13.7. The number of benzene rings is 1. The molecule has 0 aliphatic carbocycles. The van der Waals surface area contributed by atoms with E-state index in [1.807, 2.05) is 13.8 Å². The van der Waals surface area contributed by atoms with Gasteiger partial charge in [0.1, 0.15) is 0 Å². The second kappa shape index (κ2) is 7.16. The lowest BCUT2D eigenvalue weighted by Crippen LogP contribution is -2.50. The Bertz CT molecular complexity index is 471. The van der Waals surface area contributed by atoms with Crippen LogP contribution in [0.25, 0.3) is 0 Å². The normalized spacial score (nSPS) is 32.8. The summed E-state index contributed by atoms with van der Waals surface area (Å²) in [6.45, 7) is 6.32. The average molecular weight is 339 g/mol. The molecule has 0 bridgehead atoms. The Balaban J connectivity index is 1.92. The van der Waals surface area contributed by atoms with Crippen molar-refractivity contribution in [2.45, 2.75) is 56.2 Å². The molecule has 2 saturated heterocycles. The van der Waals surface area contributed by atoms with Crippen LogP contribution in [0.15, 0.2) is 30.3 Å². The number of rotatable bonds is 3. The van der Waals surface area contributed by atoms with Crippen molar-refractivity contribution in [3.63, 3.8) is 0 Å². The van der Waals surface area contributed by atoms with E-state index < -0.39 is 5.79 Å². The van der Waals surface area contributed by atoms with Crippen molar-refractivity contribution in [3.05, 3.63) is 35.9 Å². The van der Waals surface area contributed by atoms with Crippen LogP contribution in [0.1, 0.15) is 45.3 Å². The Labute approximate surface area is 142 Å². The van der Waals surface area contributed by atoms with Crippen LogP contribution in [-0.4, -0.2) is 28.0 Å². The Morgan fingerprint density at radius 2 is 1.77 bits per heavy atom. The van der Waals surface area contributed by atoms with Gasteiger partial charge in [-0.05, 0) is 43.8 Å². The van der Waals surface area contributed by atoms with Gasteiger partial charge in [-0.25, -0.2) is 0 Å². The second-order valence-corrected chi connectivity index (χ2v) is 9.25. The molecule has 0 radical (unpaired) electrons. The van der Waals surface area contributed by atoms with Gasteiger partial charge < -0.3 is 9.47 Å². The fourth-order valence-corrected chi connectivity index (χ4v) is 6.70. The lowest BCUT2D eigenvalue weighted by atomic mass is 9.88. The van der Waals surface area contributed by atoms with Gasteiger partial charge in [0.25, 0.3) is 0 Å². The molecule has 22 heavy (non-hydrogen) atoms. The van der Waals surface area contributed by atoms with Crippen LogP contribution in [0, 0.1) is 5.92 Å². The monoisotopic (exact) mass is 338 g/mol. The minimum Gasteiger partial charge on any atom is -0.347 e. The Morgan fingerprint density at radius 1 is 1.09 bits per heavy atom. The smallest absolute Gasteiger partial charge is 0.163 e. The van der Waals surface area contributed by atoms with Gasteiger partial charge in [-0.15, -0.1) is 23.5 Å². The molecule has 0 aromatic heterocycles. The first-order valence-electron chi connectivity index (χ1n) is 8.24. The lowest BCUT2D eigenvalue weighted by molar-refractivity contribution is -0.322. The van der Waals surface area contributed by atoms with Gasteiger partial charge in [0.2, 0.25) is 0 Å². The highest BCUT2D eigenvalue weighted by atomic mass is 32.2. The molecule has 4 heteroatoms. The maximum atomic E-state index is 6.41. The molecule has 122 valence electrons. The van der Waals surface area contributed by atoms with E-state index >= 15 is 0 Å². The van der Waals surface area contributed by atoms with Gasteiger partial charge in [-0.2, -0.15) is 0 Å². The van der Waals surface area contributed by atoms with Crippen LogP contribution in [-0.2, 0) is 9.47 Å². The first kappa shape index (κ1) is 16.7. The van der Waals surface area contributed by atoms with E-state index in [0.717, 1.165) is 6.42 Å². The molecular formula is C18H26O2S2. The molecule has 0 amide bonds. The largest absolute Gasteiger partial charge is 0.347 e. The summed E-state index contributed by atoms with van der Waals surface area (Å²) in [7, 11) is 0. The first-order chi connectivity index (χ1) is 10.6. The van der Waals surface area contributed by atoms with E-state index in [9.17, 15) is 0 Å². The highest BCUT2D eigenvalue weighted by molar-refractivity contribution is 8.17. The minimum atomic E-state index is -0.512. The van der Waals surface area contributed by atoms with Crippen molar-refractivity contribution >= 4 is 23.5 Å². The molecule has 1 aromatic rings. The number of thioether (sulfide) groups is 2. The summed E-state index contributed by atoms with van der Waals surface area (Å²) in [6, 6.07) is 10.7. The van der Waals surface area contributed by atoms with Crippen molar-refractivity contribution in [3.8, 4) is 0 Å². The second-order valence-electron chi connectivity index (χ2n) is 6.45. The molecule has 0 N–H and O–H groups in total. The summed E-state index contributed by atoms with van der Waals surface area (Å²) in [5.41, 5.74) is 1.29. The van der Waals surface area contributed by atoms with E-state index in [1.54, 1.807) is 0 Å². The Morgan fingerprint density at radius 3 is 2.41 bits per heavy atom. The van der Waals surface area contributed by atoms with E-state index in [0.29, 0.717) is 10.5 Å². The third-order valence-electron chi connectivity index (χ3n) is 4.32. The third-order valence-corrected chi connectivity index (χ3v) is 7.47. The van der Waals surface area contributed by atoms with Crippen LogP contribution in [0.5, 0.6) is 0 Å². The maximum absolute atomic E-state index is 6.41. The van der Waals surface area contributed by atoms with Crippen molar-refractivity contribution in [1.82, 2.24) is 0 Å². The number of ether oxygens (including phenoxy) is 2. The summed E-state index contributed by atoms with van der Waals surface area (Å²) in [5.74, 6) is 2.42. The summed E-state index contributed by atoms with van der Waals surface area (Å²) in [4.78, 5) is 0. The lowest BCUT2D eigenvalue weighted by Gasteiger charge is -2.49. The Kier molecular flexibility index (Phi) is 5.43. The van der Waals surface area contributed by atoms with E-state index in [2.05, 4.69) is 60.8 Å². The fourth-order valence-electron chi connectivity index (χ4n) is 3.38. The molecule has 0 saturated carbocycles. The fraction of sp³-hybridized carbons (Fsp3) is 0.667. The van der Waals surface area contributed by atoms with Crippen molar-refractivity contribution in [2.24, 2.45) is 5.92 Å². The molecule has 2 aliphatic heterocycles. The van der Waals surface area contributed by atoms with E-state index in [1.165, 1.54) is 23.5 Å². The summed E-state index contributed by atoms with van der Waals surface area (Å²) >= 11 is 4.18. The first-order valence-corrected chi connectivity index (χ1v) is 10.3. The van der Waals surface area contributed by atoms with Gasteiger partial charge in [0, 0.05) is 5.92 Å². The van der Waals surface area contributed by atoms with Gasteiger partial charge in [-0.3, -0.25) is 0 Å². The van der Waals surface area contributed by atoms with Crippen LogP contribution in [0.3, 0.4) is 0 Å². The van der Waals surface area contributed by atoms with Crippen molar-refractivity contribution < 1.29 is 9.47 Å². The zero-order valence-corrected chi connectivity index (χ0v) is 15.3. The van der Waals surface area contributed by atoms with Gasteiger partial charge in [0.05, 0.1) is 16.8 Å². The number of hydrogen-bond acceptors (Lipinski definition) is 4. The molecule has 3 atom stereocenters. The van der Waals surface area contributed by atoms with Crippen LogP contribution >= 0.6 is 23.5 Å². The Hall–Kier alpha value is -0.160. The molecule has 0 unspecified atom stereocenters. The molecule has 2 heterocycles. The molecule has 2 fully saturated rings. The SMILES string of the molecule is CC[C@@H]1OC(C)(C)O[C@H](c2ccccc2)[C@H]1C1SCCCS1. The highest BCUT2D eigenvalue weighted by Crippen LogP contribution is 2.49. The van der Waals surface area contributed by atoms with Gasteiger partial charge in [-0.1, -0.05) is 37.3 Å². The topological polar surface area (TPSA) is 18.5 Å². The van der Waals surface area contributed by atoms with Gasteiger partial charge in [0.15, 0.2) is 5.79 Å². The maximum Gasteiger partial charge on any atom is 0.163 e. The third kappa shape index (κ3) is 3.66. The van der Waals surface area contributed by atoms with Crippen LogP contribution in [0.2, 0.25) is 0 Å². The van der Waals surface area contributed by atoms with Crippen LogP contribution in [0.4, 0.5) is 0 Å². The molecule has 2 nitrogen and oxygen atoms in total.